The van der Waals surface area contributed by atoms with Gasteiger partial charge in [0.15, 0.2) is 0 Å². The molecule has 1 heterocycles. The number of rotatable bonds is 4. The number of hydrogen-bond donors (Lipinski definition) is 1. The molecule has 1 N–H and O–H groups in total. The van der Waals surface area contributed by atoms with Crippen molar-refractivity contribution in [3.8, 4) is 11.8 Å². The Balaban J connectivity index is 1.74. The van der Waals surface area contributed by atoms with E-state index >= 15 is 0 Å². The van der Waals surface area contributed by atoms with Crippen molar-refractivity contribution in [3.63, 3.8) is 0 Å². The number of nitrogens with zero attached hydrogens (tertiary/aromatic N) is 3. The Morgan fingerprint density at radius 3 is 2.64 bits per heavy atom. The van der Waals surface area contributed by atoms with E-state index < -0.39 is 24.2 Å². The molecule has 0 spiro atoms. The van der Waals surface area contributed by atoms with Crippen LogP contribution in [0.25, 0.3) is 0 Å². The van der Waals surface area contributed by atoms with Gasteiger partial charge in [-0.2, -0.15) is 28.5 Å². The maximum absolute atomic E-state index is 13.1. The Morgan fingerprint density at radius 1 is 1.29 bits per heavy atom. The highest BCUT2D eigenvalue weighted by molar-refractivity contribution is 5.96. The largest absolute Gasteiger partial charge is 0.489 e. The normalized spacial score (nSPS) is 18.8. The van der Waals surface area contributed by atoms with Crippen LogP contribution in [0.5, 0.6) is 5.75 Å². The molecule has 2 aromatic rings. The molecule has 9 heteroatoms. The number of amides is 1. The SMILES string of the molecule is N#Cc1ccc(OCc2cccc(C(=O)N3N=CC[C@@]3(O)C(F)(F)F)c2)cc1. The average molecular weight is 389 g/mol. The van der Waals surface area contributed by atoms with Crippen LogP contribution in [-0.2, 0) is 6.61 Å². The third-order valence-corrected chi connectivity index (χ3v) is 4.13. The third kappa shape index (κ3) is 3.68. The molecule has 3 rings (SSSR count). The van der Waals surface area contributed by atoms with Crippen LogP contribution in [-0.4, -0.2) is 34.1 Å². The predicted molar refractivity (Wildman–Crippen MR) is 92.2 cm³/mol. The van der Waals surface area contributed by atoms with Crippen LogP contribution in [0, 0.1) is 11.3 Å². The van der Waals surface area contributed by atoms with Crippen LogP contribution in [0.2, 0.25) is 0 Å². The number of nitriles is 1. The number of benzene rings is 2. The minimum Gasteiger partial charge on any atom is -0.489 e. The summed E-state index contributed by atoms with van der Waals surface area (Å²) in [6, 6.07) is 14.2. The molecule has 1 atom stereocenters. The number of halogens is 3. The van der Waals surface area contributed by atoms with Gasteiger partial charge in [0, 0.05) is 18.2 Å². The van der Waals surface area contributed by atoms with Crippen LogP contribution in [0.4, 0.5) is 13.2 Å². The first-order valence-corrected chi connectivity index (χ1v) is 8.12. The summed E-state index contributed by atoms with van der Waals surface area (Å²) in [5.74, 6) is -0.583. The van der Waals surface area contributed by atoms with Crippen molar-refractivity contribution in [2.24, 2.45) is 5.10 Å². The number of carbonyl (C=O) groups excluding carboxylic acids is 1. The number of aliphatic hydroxyl groups is 1. The van der Waals surface area contributed by atoms with E-state index in [-0.39, 0.29) is 17.2 Å². The molecule has 2 aromatic carbocycles. The van der Waals surface area contributed by atoms with Gasteiger partial charge in [0.1, 0.15) is 12.4 Å². The van der Waals surface area contributed by atoms with Crippen LogP contribution >= 0.6 is 0 Å². The minimum atomic E-state index is -5.05. The van der Waals surface area contributed by atoms with E-state index in [0.29, 0.717) is 16.9 Å². The lowest BCUT2D eigenvalue weighted by molar-refractivity contribution is -0.297. The Bertz CT molecular complexity index is 951. The lowest BCUT2D eigenvalue weighted by Crippen LogP contribution is -2.56. The topological polar surface area (TPSA) is 85.9 Å². The van der Waals surface area contributed by atoms with Gasteiger partial charge < -0.3 is 9.84 Å². The van der Waals surface area contributed by atoms with Gasteiger partial charge in [-0.3, -0.25) is 4.79 Å². The first kappa shape index (κ1) is 19.4. The summed E-state index contributed by atoms with van der Waals surface area (Å²) in [4.78, 5) is 12.5. The quantitative estimate of drug-likeness (QED) is 0.870. The van der Waals surface area contributed by atoms with Crippen LogP contribution in [0.1, 0.15) is 27.9 Å². The summed E-state index contributed by atoms with van der Waals surface area (Å²) in [6.45, 7) is 0.0554. The summed E-state index contributed by atoms with van der Waals surface area (Å²) >= 11 is 0. The van der Waals surface area contributed by atoms with Crippen molar-refractivity contribution < 1.29 is 27.8 Å². The number of hydrogen-bond acceptors (Lipinski definition) is 5. The highest BCUT2D eigenvalue weighted by atomic mass is 19.4. The second kappa shape index (κ2) is 7.32. The Labute approximate surface area is 158 Å². The molecule has 28 heavy (non-hydrogen) atoms. The molecule has 0 unspecified atom stereocenters. The smallest absolute Gasteiger partial charge is 0.438 e. The van der Waals surface area contributed by atoms with Crippen molar-refractivity contribution in [2.75, 3.05) is 0 Å². The Hall–Kier alpha value is -3.38. The lowest BCUT2D eigenvalue weighted by atomic mass is 10.1. The maximum atomic E-state index is 13.1. The number of carbonyl (C=O) groups is 1. The average Bonchev–Trinajstić information content (AvgIpc) is 3.09. The molecule has 0 bridgehead atoms. The molecule has 0 radical (unpaired) electrons. The molecule has 144 valence electrons. The van der Waals surface area contributed by atoms with Gasteiger partial charge in [-0.05, 0) is 42.0 Å². The third-order valence-electron chi connectivity index (χ3n) is 4.13. The fraction of sp³-hybridized carbons (Fsp3) is 0.211. The van der Waals surface area contributed by atoms with E-state index in [9.17, 15) is 23.1 Å². The van der Waals surface area contributed by atoms with E-state index in [1.807, 2.05) is 6.07 Å². The number of alkyl halides is 3. The van der Waals surface area contributed by atoms with E-state index in [1.165, 1.54) is 18.2 Å². The molecule has 0 fully saturated rings. The van der Waals surface area contributed by atoms with Crippen molar-refractivity contribution in [1.82, 2.24) is 5.01 Å². The van der Waals surface area contributed by atoms with Crippen molar-refractivity contribution >= 4 is 12.1 Å². The molecule has 0 saturated heterocycles. The molecule has 1 aliphatic heterocycles. The van der Waals surface area contributed by atoms with Crippen LogP contribution in [0.3, 0.4) is 0 Å². The molecule has 0 saturated carbocycles. The van der Waals surface area contributed by atoms with E-state index in [1.54, 1.807) is 30.3 Å². The van der Waals surface area contributed by atoms with Crippen LogP contribution < -0.4 is 4.74 Å². The molecular formula is C19H14F3N3O3. The lowest BCUT2D eigenvalue weighted by Gasteiger charge is -2.32. The van der Waals surface area contributed by atoms with E-state index in [4.69, 9.17) is 10.00 Å². The minimum absolute atomic E-state index is 0.0492. The van der Waals surface area contributed by atoms with Crippen molar-refractivity contribution in [1.29, 1.82) is 5.26 Å². The summed E-state index contributed by atoms with van der Waals surface area (Å²) in [7, 11) is 0. The Kier molecular flexibility index (Phi) is 5.07. The van der Waals surface area contributed by atoms with Crippen molar-refractivity contribution in [3.05, 3.63) is 65.2 Å². The fourth-order valence-electron chi connectivity index (χ4n) is 2.60. The molecular weight excluding hydrogens is 375 g/mol. The zero-order valence-corrected chi connectivity index (χ0v) is 14.3. The van der Waals surface area contributed by atoms with E-state index in [2.05, 4.69) is 5.10 Å². The molecule has 0 aliphatic carbocycles. The first-order valence-electron chi connectivity index (χ1n) is 8.12. The van der Waals surface area contributed by atoms with Gasteiger partial charge in [-0.1, -0.05) is 12.1 Å². The monoisotopic (exact) mass is 389 g/mol. The molecule has 0 aromatic heterocycles. The van der Waals surface area contributed by atoms with E-state index in [0.717, 1.165) is 6.21 Å². The van der Waals surface area contributed by atoms with Crippen LogP contribution in [0.15, 0.2) is 53.6 Å². The summed E-state index contributed by atoms with van der Waals surface area (Å²) < 4.78 is 45.0. The number of ether oxygens (including phenoxy) is 1. The summed E-state index contributed by atoms with van der Waals surface area (Å²) in [6.07, 6.45) is -5.03. The molecule has 6 nitrogen and oxygen atoms in total. The number of hydrazone groups is 1. The van der Waals surface area contributed by atoms with Gasteiger partial charge in [0.2, 0.25) is 0 Å². The molecule has 1 aliphatic rings. The fourth-order valence-corrected chi connectivity index (χ4v) is 2.60. The standard InChI is InChI=1S/C19H14F3N3O3/c20-19(21,22)18(27)8-9-24-25(18)17(26)15-3-1-2-14(10-15)12-28-16-6-4-13(11-23)5-7-16/h1-7,9-10,27H,8,12H2/t18-/m1/s1. The molecule has 1 amide bonds. The van der Waals surface area contributed by atoms with Crippen molar-refractivity contribution in [2.45, 2.75) is 24.9 Å². The van der Waals surface area contributed by atoms with Gasteiger partial charge in [0.25, 0.3) is 11.6 Å². The highest BCUT2D eigenvalue weighted by Crippen LogP contribution is 2.39. The zero-order chi connectivity index (χ0) is 20.4. The van der Waals surface area contributed by atoms with Gasteiger partial charge in [-0.15, -0.1) is 0 Å². The maximum Gasteiger partial charge on any atom is 0.438 e. The zero-order valence-electron chi connectivity index (χ0n) is 14.3. The Morgan fingerprint density at radius 2 is 2.00 bits per heavy atom. The van der Waals surface area contributed by atoms with Gasteiger partial charge in [0.05, 0.1) is 11.6 Å². The predicted octanol–water partition coefficient (Wildman–Crippen LogP) is 3.22. The first-order chi connectivity index (χ1) is 13.2. The summed E-state index contributed by atoms with van der Waals surface area (Å²) in [5, 5.41) is 22.1. The second-order valence-corrected chi connectivity index (χ2v) is 6.06. The highest BCUT2D eigenvalue weighted by Gasteiger charge is 2.61. The summed E-state index contributed by atoms with van der Waals surface area (Å²) in [5.41, 5.74) is -2.42. The van der Waals surface area contributed by atoms with Gasteiger partial charge in [-0.25, -0.2) is 0 Å². The van der Waals surface area contributed by atoms with Gasteiger partial charge >= 0.3 is 6.18 Å². The second-order valence-electron chi connectivity index (χ2n) is 6.06.